The number of ether oxygens (including phenoxy) is 3. The Kier molecular flexibility index (Phi) is 7.55. The van der Waals surface area contributed by atoms with E-state index >= 15 is 0 Å². The summed E-state index contributed by atoms with van der Waals surface area (Å²) in [6, 6.07) is 13.9. The van der Waals surface area contributed by atoms with E-state index < -0.39 is 16.6 Å². The quantitative estimate of drug-likeness (QED) is 0.475. The molecule has 2 rings (SSSR count). The van der Waals surface area contributed by atoms with E-state index in [2.05, 4.69) is 0 Å². The lowest BCUT2D eigenvalue weighted by Gasteiger charge is -2.27. The minimum absolute atomic E-state index is 0.0716. The maximum atomic E-state index is 12.7. The lowest BCUT2D eigenvalue weighted by molar-refractivity contribution is -0.385. The van der Waals surface area contributed by atoms with Gasteiger partial charge in [-0.25, -0.2) is 4.79 Å². The Hall–Kier alpha value is -3.13. The number of nitrogens with zero attached hydrogens (tertiary/aromatic N) is 2. The molecule has 0 aliphatic heterocycles. The minimum Gasteiger partial charge on any atom is -0.482 e. The summed E-state index contributed by atoms with van der Waals surface area (Å²) in [7, 11) is 1.49. The summed E-state index contributed by atoms with van der Waals surface area (Å²) in [6.07, 6.45) is -0.696. The van der Waals surface area contributed by atoms with E-state index in [1.165, 1.54) is 24.1 Å². The maximum Gasteiger partial charge on any atom is 0.415 e. The van der Waals surface area contributed by atoms with Crippen LogP contribution in [0.4, 0.5) is 16.2 Å². The number of rotatable bonds is 8. The SMILES string of the molecule is COCCN(C(=O)OC(C)(C)C)c1cccc(OCc2ccccc2)c1[N+](=O)[O-]. The van der Waals surface area contributed by atoms with Gasteiger partial charge < -0.3 is 14.2 Å². The summed E-state index contributed by atoms with van der Waals surface area (Å²) < 4.78 is 16.2. The molecule has 156 valence electrons. The zero-order chi connectivity index (χ0) is 21.4. The van der Waals surface area contributed by atoms with Crippen LogP contribution < -0.4 is 9.64 Å². The van der Waals surface area contributed by atoms with E-state index in [4.69, 9.17) is 14.2 Å². The van der Waals surface area contributed by atoms with Gasteiger partial charge in [-0.1, -0.05) is 36.4 Å². The van der Waals surface area contributed by atoms with Crippen molar-refractivity contribution in [1.29, 1.82) is 0 Å². The Morgan fingerprint density at radius 2 is 1.79 bits per heavy atom. The highest BCUT2D eigenvalue weighted by Gasteiger charge is 2.31. The molecule has 0 atom stereocenters. The Morgan fingerprint density at radius 3 is 2.38 bits per heavy atom. The van der Waals surface area contributed by atoms with Crippen LogP contribution in [0.3, 0.4) is 0 Å². The molecule has 0 aliphatic rings. The lowest BCUT2D eigenvalue weighted by Crippen LogP contribution is -2.39. The van der Waals surface area contributed by atoms with E-state index in [9.17, 15) is 14.9 Å². The Morgan fingerprint density at radius 1 is 1.10 bits per heavy atom. The highest BCUT2D eigenvalue weighted by molar-refractivity contribution is 5.92. The van der Waals surface area contributed by atoms with Gasteiger partial charge in [-0.15, -0.1) is 0 Å². The van der Waals surface area contributed by atoms with Crippen molar-refractivity contribution in [2.45, 2.75) is 33.0 Å². The number of benzene rings is 2. The number of hydrogen-bond donors (Lipinski definition) is 0. The highest BCUT2D eigenvalue weighted by Crippen LogP contribution is 2.38. The van der Waals surface area contributed by atoms with Crippen LogP contribution in [-0.2, 0) is 16.1 Å². The molecule has 2 aromatic rings. The van der Waals surface area contributed by atoms with Gasteiger partial charge in [0.2, 0.25) is 0 Å². The van der Waals surface area contributed by atoms with Crippen molar-refractivity contribution in [3.63, 3.8) is 0 Å². The fraction of sp³-hybridized carbons (Fsp3) is 0.381. The van der Waals surface area contributed by atoms with Gasteiger partial charge >= 0.3 is 11.8 Å². The molecule has 0 unspecified atom stereocenters. The number of carbonyl (C=O) groups is 1. The molecule has 8 heteroatoms. The van der Waals surface area contributed by atoms with Crippen molar-refractivity contribution in [3.05, 3.63) is 64.2 Å². The summed E-state index contributed by atoms with van der Waals surface area (Å²) in [5.41, 5.74) is -0.0913. The number of nitro benzene ring substituents is 1. The molecule has 0 spiro atoms. The Labute approximate surface area is 170 Å². The molecule has 0 saturated carbocycles. The first-order valence-corrected chi connectivity index (χ1v) is 9.16. The molecule has 1 amide bonds. The van der Waals surface area contributed by atoms with Crippen LogP contribution in [0.15, 0.2) is 48.5 Å². The second-order valence-electron chi connectivity index (χ2n) is 7.28. The number of methoxy groups -OCH3 is 1. The summed E-state index contributed by atoms with van der Waals surface area (Å²) in [6.45, 7) is 5.63. The van der Waals surface area contributed by atoms with Crippen LogP contribution >= 0.6 is 0 Å². The van der Waals surface area contributed by atoms with Gasteiger partial charge in [0.15, 0.2) is 5.75 Å². The van der Waals surface area contributed by atoms with Gasteiger partial charge in [-0.05, 0) is 38.5 Å². The second kappa shape index (κ2) is 9.88. The zero-order valence-corrected chi connectivity index (χ0v) is 17.1. The van der Waals surface area contributed by atoms with Gasteiger partial charge in [0.25, 0.3) is 0 Å². The van der Waals surface area contributed by atoms with Crippen LogP contribution in [0.25, 0.3) is 0 Å². The molecule has 0 saturated heterocycles. The Balaban J connectivity index is 2.39. The molecule has 0 N–H and O–H groups in total. The van der Waals surface area contributed by atoms with Crippen LogP contribution in [0.5, 0.6) is 5.75 Å². The zero-order valence-electron chi connectivity index (χ0n) is 17.1. The number of amides is 1. The summed E-state index contributed by atoms with van der Waals surface area (Å²) in [5.74, 6) is 0.0716. The van der Waals surface area contributed by atoms with Crippen molar-refractivity contribution >= 4 is 17.5 Å². The molecular weight excluding hydrogens is 376 g/mol. The predicted octanol–water partition coefficient (Wildman–Crippen LogP) is 4.56. The van der Waals surface area contributed by atoms with E-state index in [0.717, 1.165) is 5.56 Å². The number of carbonyl (C=O) groups excluding carboxylic acids is 1. The second-order valence-corrected chi connectivity index (χ2v) is 7.28. The van der Waals surface area contributed by atoms with Gasteiger partial charge in [-0.3, -0.25) is 15.0 Å². The fourth-order valence-electron chi connectivity index (χ4n) is 2.57. The molecule has 0 heterocycles. The summed E-state index contributed by atoms with van der Waals surface area (Å²) in [5, 5.41) is 11.9. The largest absolute Gasteiger partial charge is 0.482 e. The molecule has 0 aliphatic carbocycles. The standard InChI is InChI=1S/C21H26N2O6/c1-21(2,3)29-20(24)22(13-14-27-4)17-11-8-12-18(19(17)23(25)26)28-15-16-9-6-5-7-10-16/h5-12H,13-15H2,1-4H3. The normalized spacial score (nSPS) is 11.0. The molecule has 0 bridgehead atoms. The third-order valence-electron chi connectivity index (χ3n) is 3.82. The molecule has 8 nitrogen and oxygen atoms in total. The summed E-state index contributed by atoms with van der Waals surface area (Å²) in [4.78, 5) is 25.2. The van der Waals surface area contributed by atoms with Crippen molar-refractivity contribution in [1.82, 2.24) is 0 Å². The fourth-order valence-corrected chi connectivity index (χ4v) is 2.57. The van der Waals surface area contributed by atoms with Gasteiger partial charge in [-0.2, -0.15) is 0 Å². The molecule has 0 fully saturated rings. The third kappa shape index (κ3) is 6.46. The van der Waals surface area contributed by atoms with E-state index in [0.29, 0.717) is 0 Å². The highest BCUT2D eigenvalue weighted by atomic mass is 16.6. The van der Waals surface area contributed by atoms with E-state index in [1.54, 1.807) is 26.8 Å². The van der Waals surface area contributed by atoms with Crippen LogP contribution in [-0.4, -0.2) is 36.9 Å². The number of para-hydroxylation sites is 1. The number of hydrogen-bond acceptors (Lipinski definition) is 6. The van der Waals surface area contributed by atoms with Crippen LogP contribution in [0, 0.1) is 10.1 Å². The molecular formula is C21H26N2O6. The van der Waals surface area contributed by atoms with Crippen LogP contribution in [0.2, 0.25) is 0 Å². The average molecular weight is 402 g/mol. The lowest BCUT2D eigenvalue weighted by atomic mass is 10.2. The van der Waals surface area contributed by atoms with E-state index in [-0.39, 0.29) is 36.9 Å². The first-order valence-electron chi connectivity index (χ1n) is 9.16. The molecule has 29 heavy (non-hydrogen) atoms. The monoisotopic (exact) mass is 402 g/mol. The van der Waals surface area contributed by atoms with Gasteiger partial charge in [0.05, 0.1) is 18.1 Å². The van der Waals surface area contributed by atoms with Crippen LogP contribution in [0.1, 0.15) is 26.3 Å². The Bertz CT molecular complexity index is 833. The first kappa shape index (κ1) is 22.2. The van der Waals surface area contributed by atoms with Gasteiger partial charge in [0, 0.05) is 7.11 Å². The van der Waals surface area contributed by atoms with Crippen molar-refractivity contribution < 1.29 is 23.9 Å². The molecule has 0 radical (unpaired) electrons. The summed E-state index contributed by atoms with van der Waals surface area (Å²) >= 11 is 0. The molecule has 2 aromatic carbocycles. The van der Waals surface area contributed by atoms with Gasteiger partial charge in [0.1, 0.15) is 17.9 Å². The van der Waals surface area contributed by atoms with Crippen molar-refractivity contribution in [2.75, 3.05) is 25.2 Å². The number of nitro groups is 1. The van der Waals surface area contributed by atoms with Crippen molar-refractivity contribution in [3.8, 4) is 5.75 Å². The first-order chi connectivity index (χ1) is 13.7. The maximum absolute atomic E-state index is 12.7. The minimum atomic E-state index is -0.751. The average Bonchev–Trinajstić information content (AvgIpc) is 2.66. The topological polar surface area (TPSA) is 91.1 Å². The van der Waals surface area contributed by atoms with Crippen molar-refractivity contribution in [2.24, 2.45) is 0 Å². The third-order valence-corrected chi connectivity index (χ3v) is 3.82. The number of anilines is 1. The predicted molar refractivity (Wildman–Crippen MR) is 109 cm³/mol. The van der Waals surface area contributed by atoms with E-state index in [1.807, 2.05) is 30.3 Å². The molecule has 0 aromatic heterocycles. The smallest absolute Gasteiger partial charge is 0.415 e.